The molecule has 1 aliphatic heterocycles. The van der Waals surface area contributed by atoms with Gasteiger partial charge in [0.2, 0.25) is 0 Å². The summed E-state index contributed by atoms with van der Waals surface area (Å²) in [6, 6.07) is 17.0. The molecule has 2 aromatic heterocycles. The van der Waals surface area contributed by atoms with E-state index in [2.05, 4.69) is 10.3 Å². The van der Waals surface area contributed by atoms with Crippen LogP contribution in [0.4, 0.5) is 4.39 Å². The number of imidazole rings is 1. The number of likely N-dealkylation sites (tertiary alicyclic amines) is 1. The number of rotatable bonds is 5. The van der Waals surface area contributed by atoms with Crippen molar-refractivity contribution < 1.29 is 14.0 Å². The fourth-order valence-corrected chi connectivity index (χ4v) is 3.88. The van der Waals surface area contributed by atoms with E-state index in [1.165, 1.54) is 24.3 Å². The van der Waals surface area contributed by atoms with Crippen LogP contribution >= 0.6 is 0 Å². The van der Waals surface area contributed by atoms with Gasteiger partial charge in [0.15, 0.2) is 0 Å². The van der Waals surface area contributed by atoms with Crippen LogP contribution < -0.4 is 5.32 Å². The third-order valence-electron chi connectivity index (χ3n) is 5.82. The van der Waals surface area contributed by atoms with Gasteiger partial charge in [0.1, 0.15) is 11.5 Å². The number of carbonyl (C=O) groups is 2. The Kier molecular flexibility index (Phi) is 5.15. The molecule has 160 valence electrons. The van der Waals surface area contributed by atoms with Gasteiger partial charge in [0.05, 0.1) is 0 Å². The first kappa shape index (κ1) is 19.9. The van der Waals surface area contributed by atoms with Gasteiger partial charge in [-0.3, -0.25) is 9.59 Å². The summed E-state index contributed by atoms with van der Waals surface area (Å²) in [5.74, 6) is -0.351. The summed E-state index contributed by atoms with van der Waals surface area (Å²) in [5, 5.41) is 2.94. The van der Waals surface area contributed by atoms with E-state index < -0.39 is 0 Å². The van der Waals surface area contributed by atoms with Crippen molar-refractivity contribution in [1.29, 1.82) is 0 Å². The van der Waals surface area contributed by atoms with E-state index >= 15 is 0 Å². The van der Waals surface area contributed by atoms with Crippen LogP contribution in [-0.4, -0.2) is 39.2 Å². The minimum absolute atomic E-state index is 0.0919. The lowest BCUT2D eigenvalue weighted by Gasteiger charge is -2.39. The molecule has 0 spiro atoms. The van der Waals surface area contributed by atoms with Crippen molar-refractivity contribution >= 4 is 17.5 Å². The summed E-state index contributed by atoms with van der Waals surface area (Å²) in [6.45, 7) is 1.64. The second kappa shape index (κ2) is 8.26. The van der Waals surface area contributed by atoms with Gasteiger partial charge in [-0.2, -0.15) is 0 Å². The summed E-state index contributed by atoms with van der Waals surface area (Å²) in [6.07, 6.45) is 5.53. The van der Waals surface area contributed by atoms with E-state index in [1.54, 1.807) is 11.1 Å². The number of nitrogens with one attached hydrogen (secondary N) is 1. The summed E-state index contributed by atoms with van der Waals surface area (Å²) in [5.41, 5.74) is 4.00. The number of aromatic nitrogens is 2. The van der Waals surface area contributed by atoms with Gasteiger partial charge in [-0.15, -0.1) is 0 Å². The molecule has 0 unspecified atom stereocenters. The lowest BCUT2D eigenvalue weighted by atomic mass is 9.90. The number of nitrogens with zero attached hydrogens (tertiary/aromatic N) is 3. The van der Waals surface area contributed by atoms with Crippen LogP contribution in [0.25, 0.3) is 5.65 Å². The Hall–Kier alpha value is -4.00. The highest BCUT2D eigenvalue weighted by Crippen LogP contribution is 2.28. The van der Waals surface area contributed by atoms with Gasteiger partial charge in [-0.25, -0.2) is 9.37 Å². The van der Waals surface area contributed by atoms with Crippen LogP contribution in [-0.2, 0) is 6.54 Å². The summed E-state index contributed by atoms with van der Waals surface area (Å²) in [4.78, 5) is 31.0. The molecule has 7 heteroatoms. The highest BCUT2D eigenvalue weighted by molar-refractivity contribution is 5.95. The molecule has 2 aromatic carbocycles. The fourth-order valence-electron chi connectivity index (χ4n) is 3.88. The quantitative estimate of drug-likeness (QED) is 0.528. The Balaban J connectivity index is 1.15. The number of amides is 2. The molecule has 2 amide bonds. The number of halogens is 1. The zero-order chi connectivity index (χ0) is 22.1. The highest BCUT2D eigenvalue weighted by Gasteiger charge is 2.32. The molecule has 0 bridgehead atoms. The number of pyridine rings is 1. The molecule has 0 saturated carbocycles. The molecule has 0 radical (unpaired) electrons. The molecule has 0 atom stereocenters. The van der Waals surface area contributed by atoms with Gasteiger partial charge in [-0.05, 0) is 59.7 Å². The highest BCUT2D eigenvalue weighted by atomic mass is 19.1. The molecule has 32 heavy (non-hydrogen) atoms. The SMILES string of the molecule is O=C(NCc1ccn2ccnc2c1)c1ccc(C2CN(C(=O)c3ccc(F)cc3)C2)cc1. The first-order chi connectivity index (χ1) is 15.6. The fraction of sp³-hybridized carbons (Fsp3) is 0.160. The Bertz CT molecular complexity index is 1280. The Morgan fingerprint density at radius 3 is 2.44 bits per heavy atom. The van der Waals surface area contributed by atoms with E-state index in [0.29, 0.717) is 30.8 Å². The topological polar surface area (TPSA) is 66.7 Å². The van der Waals surface area contributed by atoms with E-state index in [1.807, 2.05) is 53.2 Å². The van der Waals surface area contributed by atoms with Crippen LogP contribution in [0.2, 0.25) is 0 Å². The predicted octanol–water partition coefficient (Wildman–Crippen LogP) is 3.64. The van der Waals surface area contributed by atoms with Crippen LogP contribution in [0.15, 0.2) is 79.3 Å². The number of hydrogen-bond acceptors (Lipinski definition) is 3. The van der Waals surface area contributed by atoms with Crippen molar-refractivity contribution in [3.05, 3.63) is 107 Å². The van der Waals surface area contributed by atoms with Gasteiger partial charge in [0, 0.05) is 55.3 Å². The third-order valence-corrected chi connectivity index (χ3v) is 5.82. The molecule has 1 N–H and O–H groups in total. The molecule has 5 rings (SSSR count). The molecular formula is C25H21FN4O2. The molecule has 1 fully saturated rings. The summed E-state index contributed by atoms with van der Waals surface area (Å²) in [7, 11) is 0. The van der Waals surface area contributed by atoms with Crippen molar-refractivity contribution in [3.8, 4) is 0 Å². The maximum absolute atomic E-state index is 13.0. The van der Waals surface area contributed by atoms with Gasteiger partial charge >= 0.3 is 0 Å². The Labute approximate surface area is 184 Å². The van der Waals surface area contributed by atoms with Crippen LogP contribution in [0.1, 0.15) is 37.8 Å². The van der Waals surface area contributed by atoms with E-state index in [4.69, 9.17) is 0 Å². The molecule has 1 aliphatic rings. The van der Waals surface area contributed by atoms with Crippen molar-refractivity contribution in [2.45, 2.75) is 12.5 Å². The first-order valence-corrected chi connectivity index (χ1v) is 10.4. The van der Waals surface area contributed by atoms with E-state index in [-0.39, 0.29) is 23.5 Å². The molecule has 6 nitrogen and oxygen atoms in total. The zero-order valence-corrected chi connectivity index (χ0v) is 17.2. The van der Waals surface area contributed by atoms with Crippen LogP contribution in [0.3, 0.4) is 0 Å². The normalized spacial score (nSPS) is 13.7. The second-order valence-electron chi connectivity index (χ2n) is 7.95. The van der Waals surface area contributed by atoms with Gasteiger partial charge in [-0.1, -0.05) is 12.1 Å². The smallest absolute Gasteiger partial charge is 0.253 e. The minimum atomic E-state index is -0.355. The van der Waals surface area contributed by atoms with Gasteiger partial charge in [0.25, 0.3) is 11.8 Å². The Morgan fingerprint density at radius 2 is 1.69 bits per heavy atom. The number of fused-ring (bicyclic) bond motifs is 1. The number of carbonyl (C=O) groups excluding carboxylic acids is 2. The molecule has 1 saturated heterocycles. The van der Waals surface area contributed by atoms with Crippen LogP contribution in [0, 0.1) is 5.82 Å². The molecule has 0 aliphatic carbocycles. The van der Waals surface area contributed by atoms with Crippen molar-refractivity contribution in [1.82, 2.24) is 19.6 Å². The monoisotopic (exact) mass is 428 g/mol. The molecular weight excluding hydrogens is 407 g/mol. The van der Waals surface area contributed by atoms with E-state index in [9.17, 15) is 14.0 Å². The lowest BCUT2D eigenvalue weighted by Crippen LogP contribution is -2.48. The molecule has 4 aromatic rings. The van der Waals surface area contributed by atoms with Gasteiger partial charge < -0.3 is 14.6 Å². The first-order valence-electron chi connectivity index (χ1n) is 10.4. The van der Waals surface area contributed by atoms with E-state index in [0.717, 1.165) is 16.8 Å². The average molecular weight is 428 g/mol. The molecule has 3 heterocycles. The van der Waals surface area contributed by atoms with Crippen LogP contribution in [0.5, 0.6) is 0 Å². The minimum Gasteiger partial charge on any atom is -0.348 e. The maximum Gasteiger partial charge on any atom is 0.253 e. The standard InChI is InChI=1S/C25H21FN4O2/c26-22-7-5-20(6-8-22)25(32)30-15-21(16-30)18-1-3-19(4-2-18)24(31)28-14-17-9-11-29-12-10-27-23(29)13-17/h1-13,21H,14-16H2,(H,28,31). The van der Waals surface area contributed by atoms with Crippen molar-refractivity contribution in [2.24, 2.45) is 0 Å². The second-order valence-corrected chi connectivity index (χ2v) is 7.95. The lowest BCUT2D eigenvalue weighted by molar-refractivity contribution is 0.0602. The number of benzene rings is 2. The largest absolute Gasteiger partial charge is 0.348 e. The summed E-state index contributed by atoms with van der Waals surface area (Å²) < 4.78 is 15.0. The zero-order valence-electron chi connectivity index (χ0n) is 17.2. The predicted molar refractivity (Wildman–Crippen MR) is 118 cm³/mol. The van der Waals surface area contributed by atoms with Crippen molar-refractivity contribution in [3.63, 3.8) is 0 Å². The van der Waals surface area contributed by atoms with Crippen molar-refractivity contribution in [2.75, 3.05) is 13.1 Å². The Morgan fingerprint density at radius 1 is 0.969 bits per heavy atom. The average Bonchev–Trinajstić information content (AvgIpc) is 3.25. The third kappa shape index (κ3) is 3.97. The number of hydrogen-bond donors (Lipinski definition) is 1. The summed E-state index contributed by atoms with van der Waals surface area (Å²) >= 11 is 0. The maximum atomic E-state index is 13.0.